The average molecular weight is 232 g/mol. The fourth-order valence-corrected chi connectivity index (χ4v) is 1.33. The molecule has 0 spiro atoms. The van der Waals surface area contributed by atoms with Crippen molar-refractivity contribution in [3.8, 4) is 0 Å². The topological polar surface area (TPSA) is 58.2 Å². The van der Waals surface area contributed by atoms with Crippen LogP contribution in [0, 0.1) is 0 Å². The van der Waals surface area contributed by atoms with Crippen molar-refractivity contribution in [1.82, 2.24) is 10.6 Å². The van der Waals surface area contributed by atoms with Gasteiger partial charge in [-0.25, -0.2) is 0 Å². The minimum atomic E-state index is 0.0521. The number of hydrogen-bond donors (Lipinski definition) is 3. The zero-order valence-electron chi connectivity index (χ0n) is 9.21. The van der Waals surface area contributed by atoms with Gasteiger partial charge in [0.05, 0.1) is 0 Å². The minimum Gasteiger partial charge on any atom is -0.359 e. The Bertz CT molecular complexity index is 198. The van der Waals surface area contributed by atoms with Gasteiger partial charge in [0.15, 0.2) is 0 Å². The fraction of sp³-hybridized carbons (Fsp3) is 0.800. The second-order valence-corrected chi connectivity index (χ2v) is 3.75. The van der Waals surface area contributed by atoms with E-state index >= 15 is 0 Å². The van der Waals surface area contributed by atoms with E-state index in [0.29, 0.717) is 25.1 Å². The van der Waals surface area contributed by atoms with Gasteiger partial charge in [0, 0.05) is 26.4 Å². The molecule has 0 aliphatic heterocycles. The first-order chi connectivity index (χ1) is 7.20. The third-order valence-electron chi connectivity index (χ3n) is 2.02. The van der Waals surface area contributed by atoms with Crippen molar-refractivity contribution in [3.63, 3.8) is 0 Å². The first kappa shape index (κ1) is 14.3. The number of amides is 2. The second kappa shape index (κ2) is 9.83. The number of unbranched alkanes of at least 4 members (excludes halogenated alkanes) is 2. The Labute approximate surface area is 96.6 Å². The molecule has 2 amide bonds. The monoisotopic (exact) mass is 232 g/mol. The molecule has 0 atom stereocenters. The van der Waals surface area contributed by atoms with E-state index in [1.165, 1.54) is 0 Å². The smallest absolute Gasteiger partial charge is 0.220 e. The number of thiol groups is 1. The molecule has 5 heteroatoms. The number of rotatable bonds is 8. The van der Waals surface area contributed by atoms with Gasteiger partial charge in [-0.15, -0.1) is 0 Å². The molecule has 0 aromatic rings. The van der Waals surface area contributed by atoms with Crippen molar-refractivity contribution in [2.45, 2.75) is 32.1 Å². The Kier molecular flexibility index (Phi) is 9.36. The molecule has 4 nitrogen and oxygen atoms in total. The van der Waals surface area contributed by atoms with E-state index in [1.54, 1.807) is 7.05 Å². The van der Waals surface area contributed by atoms with Gasteiger partial charge >= 0.3 is 0 Å². The van der Waals surface area contributed by atoms with Gasteiger partial charge in [0.25, 0.3) is 0 Å². The average Bonchev–Trinajstić information content (AvgIpc) is 2.23. The van der Waals surface area contributed by atoms with E-state index in [9.17, 15) is 9.59 Å². The van der Waals surface area contributed by atoms with Crippen LogP contribution in [-0.2, 0) is 9.59 Å². The highest BCUT2D eigenvalue weighted by molar-refractivity contribution is 7.80. The van der Waals surface area contributed by atoms with Gasteiger partial charge in [0.1, 0.15) is 0 Å². The first-order valence-electron chi connectivity index (χ1n) is 5.29. The van der Waals surface area contributed by atoms with Crippen molar-refractivity contribution >= 4 is 24.4 Å². The molecule has 0 aliphatic rings. The van der Waals surface area contributed by atoms with Crippen molar-refractivity contribution in [2.75, 3.05) is 19.3 Å². The largest absolute Gasteiger partial charge is 0.359 e. The van der Waals surface area contributed by atoms with Crippen LogP contribution >= 0.6 is 12.6 Å². The summed E-state index contributed by atoms with van der Waals surface area (Å²) in [5.41, 5.74) is 0. The predicted molar refractivity (Wildman–Crippen MR) is 64.0 cm³/mol. The van der Waals surface area contributed by atoms with Gasteiger partial charge in [-0.2, -0.15) is 12.6 Å². The minimum absolute atomic E-state index is 0.0521. The molecular formula is C10H20N2O2S. The maximum atomic E-state index is 11.0. The highest BCUT2D eigenvalue weighted by Crippen LogP contribution is 1.98. The molecule has 0 saturated carbocycles. The Morgan fingerprint density at radius 1 is 1.07 bits per heavy atom. The second-order valence-electron chi connectivity index (χ2n) is 3.31. The third-order valence-corrected chi connectivity index (χ3v) is 2.24. The van der Waals surface area contributed by atoms with E-state index in [1.807, 2.05) is 0 Å². The molecule has 0 rings (SSSR count). The molecule has 2 N–H and O–H groups in total. The molecule has 0 aromatic heterocycles. The summed E-state index contributed by atoms with van der Waals surface area (Å²) in [5.74, 6) is 0.716. The van der Waals surface area contributed by atoms with Crippen LogP contribution < -0.4 is 10.6 Å². The normalized spacial score (nSPS) is 9.73. The Morgan fingerprint density at radius 3 is 2.40 bits per heavy atom. The van der Waals surface area contributed by atoms with Crippen molar-refractivity contribution in [1.29, 1.82) is 0 Å². The summed E-state index contributed by atoms with van der Waals surface area (Å²) in [6.07, 6.45) is 3.81. The first-order valence-corrected chi connectivity index (χ1v) is 5.92. The van der Waals surface area contributed by atoms with Crippen LogP contribution in [0.3, 0.4) is 0 Å². The van der Waals surface area contributed by atoms with Gasteiger partial charge in [-0.3, -0.25) is 9.59 Å². The van der Waals surface area contributed by atoms with Crippen LogP contribution in [0.1, 0.15) is 32.1 Å². The van der Waals surface area contributed by atoms with Crippen LogP contribution in [-0.4, -0.2) is 31.2 Å². The van der Waals surface area contributed by atoms with E-state index in [2.05, 4.69) is 23.3 Å². The van der Waals surface area contributed by atoms with Crippen molar-refractivity contribution < 1.29 is 9.59 Å². The molecular weight excluding hydrogens is 212 g/mol. The summed E-state index contributed by atoms with van der Waals surface area (Å²) >= 11 is 3.97. The van der Waals surface area contributed by atoms with Crippen molar-refractivity contribution in [2.24, 2.45) is 0 Å². The van der Waals surface area contributed by atoms with Crippen LogP contribution in [0.5, 0.6) is 0 Å². The molecule has 15 heavy (non-hydrogen) atoms. The van der Waals surface area contributed by atoms with Gasteiger partial charge in [-0.05, 0) is 18.6 Å². The van der Waals surface area contributed by atoms with E-state index < -0.39 is 0 Å². The lowest BCUT2D eigenvalue weighted by molar-refractivity contribution is -0.121. The summed E-state index contributed by atoms with van der Waals surface area (Å²) < 4.78 is 0. The lowest BCUT2D eigenvalue weighted by Crippen LogP contribution is -2.24. The number of carbonyl (C=O) groups is 2. The molecule has 88 valence electrons. The summed E-state index contributed by atoms with van der Waals surface area (Å²) in [4.78, 5) is 21.9. The van der Waals surface area contributed by atoms with Gasteiger partial charge < -0.3 is 10.6 Å². The van der Waals surface area contributed by atoms with E-state index in [-0.39, 0.29) is 11.8 Å². The van der Waals surface area contributed by atoms with Crippen molar-refractivity contribution in [3.05, 3.63) is 0 Å². The fourth-order valence-electron chi connectivity index (χ4n) is 1.13. The lowest BCUT2D eigenvalue weighted by Gasteiger charge is -2.03. The summed E-state index contributed by atoms with van der Waals surface area (Å²) in [6.45, 7) is 0.695. The molecule has 0 aliphatic carbocycles. The van der Waals surface area contributed by atoms with Gasteiger partial charge in [0.2, 0.25) is 11.8 Å². The molecule has 0 fully saturated rings. The molecule has 0 saturated heterocycles. The zero-order chi connectivity index (χ0) is 11.5. The molecule has 0 radical (unpaired) electrons. The summed E-state index contributed by atoms with van der Waals surface area (Å²) in [5, 5.41) is 5.37. The quantitative estimate of drug-likeness (QED) is 0.427. The molecule has 0 unspecified atom stereocenters. The van der Waals surface area contributed by atoms with Crippen LogP contribution in [0.2, 0.25) is 0 Å². The third kappa shape index (κ3) is 9.59. The summed E-state index contributed by atoms with van der Waals surface area (Å²) in [7, 11) is 1.64. The lowest BCUT2D eigenvalue weighted by atomic mass is 10.2. The number of carbonyl (C=O) groups excluding carboxylic acids is 2. The van der Waals surface area contributed by atoms with E-state index in [0.717, 1.165) is 19.3 Å². The molecule has 0 bridgehead atoms. The van der Waals surface area contributed by atoms with Crippen LogP contribution in [0.25, 0.3) is 0 Å². The molecule has 0 aromatic carbocycles. The maximum Gasteiger partial charge on any atom is 0.220 e. The van der Waals surface area contributed by atoms with Crippen LogP contribution in [0.4, 0.5) is 0 Å². The Hall–Kier alpha value is -0.710. The standard InChI is InChI=1S/C10H20N2O2S/c1-11-9(13)5-3-2-4-7-12-10(14)6-8-15/h15H,2-8H2,1H3,(H,11,13)(H,12,14). The molecule has 0 heterocycles. The highest BCUT2D eigenvalue weighted by Gasteiger charge is 1.99. The number of hydrogen-bond acceptors (Lipinski definition) is 3. The van der Waals surface area contributed by atoms with Gasteiger partial charge in [-0.1, -0.05) is 6.42 Å². The predicted octanol–water partition coefficient (Wildman–Crippen LogP) is 0.729. The highest BCUT2D eigenvalue weighted by atomic mass is 32.1. The maximum absolute atomic E-state index is 11.0. The Balaban J connectivity index is 3.18. The summed E-state index contributed by atoms with van der Waals surface area (Å²) in [6, 6.07) is 0. The number of nitrogens with one attached hydrogen (secondary N) is 2. The Morgan fingerprint density at radius 2 is 1.80 bits per heavy atom. The van der Waals surface area contributed by atoms with E-state index in [4.69, 9.17) is 0 Å². The zero-order valence-corrected chi connectivity index (χ0v) is 10.1. The van der Waals surface area contributed by atoms with Crippen LogP contribution in [0.15, 0.2) is 0 Å². The SMILES string of the molecule is CNC(=O)CCCCCNC(=O)CCS.